The smallest absolute Gasteiger partial charge is 0.291 e. The van der Waals surface area contributed by atoms with Crippen LogP contribution in [-0.2, 0) is 6.54 Å². The summed E-state index contributed by atoms with van der Waals surface area (Å²) in [6, 6.07) is 0.969. The van der Waals surface area contributed by atoms with Crippen molar-refractivity contribution in [3.8, 4) is 5.75 Å². The predicted octanol–water partition coefficient (Wildman–Crippen LogP) is 1.79. The summed E-state index contributed by atoms with van der Waals surface area (Å²) in [5, 5.41) is 15.5. The number of carbonyl (C=O) groups excluding carboxylic acids is 1. The van der Waals surface area contributed by atoms with E-state index in [2.05, 4.69) is 15.3 Å². The van der Waals surface area contributed by atoms with Crippen LogP contribution in [0.3, 0.4) is 0 Å². The van der Waals surface area contributed by atoms with E-state index in [9.17, 15) is 14.7 Å². The van der Waals surface area contributed by atoms with Gasteiger partial charge in [0.25, 0.3) is 5.91 Å². The van der Waals surface area contributed by atoms with Gasteiger partial charge in [-0.2, -0.15) is 0 Å². The zero-order valence-corrected chi connectivity index (χ0v) is 13.2. The van der Waals surface area contributed by atoms with Crippen molar-refractivity contribution in [1.82, 2.24) is 5.32 Å². The van der Waals surface area contributed by atoms with E-state index in [0.29, 0.717) is 6.42 Å². The van der Waals surface area contributed by atoms with Crippen molar-refractivity contribution in [2.75, 3.05) is 6.54 Å². The van der Waals surface area contributed by atoms with Gasteiger partial charge in [-0.05, 0) is 18.4 Å². The number of rotatable bonds is 8. The van der Waals surface area contributed by atoms with Gasteiger partial charge in [0.05, 0.1) is 6.54 Å². The average molecular weight is 323 g/mol. The molecule has 1 heterocycles. The van der Waals surface area contributed by atoms with Gasteiger partial charge in [0, 0.05) is 23.1 Å². The Balaban J connectivity index is 2.96. The maximum Gasteiger partial charge on any atom is 0.291 e. The third kappa shape index (κ3) is 5.01. The number of carbonyl (C=O) groups is 1. The fourth-order valence-corrected chi connectivity index (χ4v) is 2.09. The number of amides is 1. The highest BCUT2D eigenvalue weighted by Crippen LogP contribution is 2.16. The van der Waals surface area contributed by atoms with E-state index >= 15 is 0 Å². The molecule has 126 valence electrons. The van der Waals surface area contributed by atoms with E-state index in [-0.39, 0.29) is 18.8 Å². The molecule has 0 aliphatic carbocycles. The average Bonchev–Trinajstić information content (AvgIpc) is 2.53. The van der Waals surface area contributed by atoms with Gasteiger partial charge in [-0.1, -0.05) is 25.4 Å². The first kappa shape index (κ1) is 18.5. The van der Waals surface area contributed by atoms with Gasteiger partial charge in [-0.15, -0.1) is 0 Å². The van der Waals surface area contributed by atoms with Crippen LogP contribution in [-0.4, -0.2) is 23.1 Å². The third-order valence-corrected chi connectivity index (χ3v) is 3.52. The monoisotopic (exact) mass is 323 g/mol. The molecule has 0 radical (unpaired) electrons. The van der Waals surface area contributed by atoms with Crippen LogP contribution in [0.5, 0.6) is 5.75 Å². The molecule has 1 aromatic rings. The first-order valence-corrected chi connectivity index (χ1v) is 7.30. The Bertz CT molecular complexity index is 666. The highest BCUT2D eigenvalue weighted by Gasteiger charge is 2.25. The number of nitrogens with one attached hydrogen (secondary N) is 1. The van der Waals surface area contributed by atoms with E-state index in [4.69, 9.17) is 15.7 Å². The van der Waals surface area contributed by atoms with Gasteiger partial charge in [-0.25, -0.2) is 0 Å². The molecule has 0 bridgehead atoms. The molecular weight excluding hydrogens is 302 g/mol. The maximum atomic E-state index is 12.1. The largest absolute Gasteiger partial charge is 0.501 e. The molecule has 4 N–H and O–H groups in total. The second kappa shape index (κ2) is 8.21. The first-order valence-electron chi connectivity index (χ1n) is 7.30. The Morgan fingerprint density at radius 1 is 1.57 bits per heavy atom. The summed E-state index contributed by atoms with van der Waals surface area (Å²) in [7, 11) is 0. The van der Waals surface area contributed by atoms with Crippen molar-refractivity contribution in [3.63, 3.8) is 0 Å². The number of aromatic hydroxyl groups is 1. The minimum Gasteiger partial charge on any atom is -0.501 e. The molecule has 1 aromatic heterocycles. The van der Waals surface area contributed by atoms with Crippen LogP contribution in [0, 0.1) is 0 Å². The number of azide groups is 1. The summed E-state index contributed by atoms with van der Waals surface area (Å²) >= 11 is 0. The Kier molecular flexibility index (Phi) is 6.62. The summed E-state index contributed by atoms with van der Waals surface area (Å²) in [6.07, 6.45) is 2.24. The lowest BCUT2D eigenvalue weighted by Crippen LogP contribution is -2.49. The van der Waals surface area contributed by atoms with Gasteiger partial charge >= 0.3 is 0 Å². The van der Waals surface area contributed by atoms with Crippen molar-refractivity contribution in [2.45, 2.75) is 45.2 Å². The van der Waals surface area contributed by atoms with E-state index in [1.165, 1.54) is 0 Å². The molecule has 0 fully saturated rings. The fraction of sp³-hybridized carbons (Fsp3) is 0.571. The second-order valence-corrected chi connectivity index (χ2v) is 5.29. The Morgan fingerprint density at radius 2 is 2.26 bits per heavy atom. The summed E-state index contributed by atoms with van der Waals surface area (Å²) in [5.74, 6) is -2.07. The molecule has 9 nitrogen and oxygen atoms in total. The lowest BCUT2D eigenvalue weighted by atomic mass is 9.92. The van der Waals surface area contributed by atoms with Crippen molar-refractivity contribution < 1.29 is 14.3 Å². The summed E-state index contributed by atoms with van der Waals surface area (Å²) in [4.78, 5) is 26.3. The van der Waals surface area contributed by atoms with Crippen LogP contribution in [0.2, 0.25) is 0 Å². The van der Waals surface area contributed by atoms with Crippen LogP contribution in [0.25, 0.3) is 10.4 Å². The summed E-state index contributed by atoms with van der Waals surface area (Å²) in [6.45, 7) is 3.85. The molecule has 0 aliphatic heterocycles. The molecule has 1 amide bonds. The zero-order valence-electron chi connectivity index (χ0n) is 13.2. The van der Waals surface area contributed by atoms with Gasteiger partial charge in [0.2, 0.25) is 16.9 Å². The highest BCUT2D eigenvalue weighted by molar-refractivity contribution is 5.93. The number of hydrogen-bond acceptors (Lipinski definition) is 6. The molecule has 1 rings (SSSR count). The highest BCUT2D eigenvalue weighted by atomic mass is 16.4. The van der Waals surface area contributed by atoms with Gasteiger partial charge < -0.3 is 20.6 Å². The minimum atomic E-state index is -0.790. The molecule has 0 saturated heterocycles. The van der Waals surface area contributed by atoms with Crippen molar-refractivity contribution in [2.24, 2.45) is 10.8 Å². The molecule has 0 aliphatic rings. The van der Waals surface area contributed by atoms with Gasteiger partial charge in [0.1, 0.15) is 5.76 Å². The standard InChI is InChI=1S/C14H21N5O4/c1-3-5-14(15,4-2)8-17-13(22)12-11(21)10(20)6-9(23-12)7-18-19-16/h6,21H,3-5,7-8,15H2,1-2H3,(H,17,22). The van der Waals surface area contributed by atoms with Crippen molar-refractivity contribution in [1.29, 1.82) is 0 Å². The normalized spacial score (nSPS) is 13.0. The molecule has 0 aromatic carbocycles. The van der Waals surface area contributed by atoms with E-state index in [1.54, 1.807) is 0 Å². The number of nitrogens with two attached hydrogens (primary N) is 1. The molecule has 0 spiro atoms. The zero-order chi connectivity index (χ0) is 17.5. The van der Waals surface area contributed by atoms with Crippen LogP contribution in [0.15, 0.2) is 20.4 Å². The number of nitrogens with zero attached hydrogens (tertiary/aromatic N) is 3. The fourth-order valence-electron chi connectivity index (χ4n) is 2.09. The maximum absolute atomic E-state index is 12.1. The van der Waals surface area contributed by atoms with Crippen molar-refractivity contribution >= 4 is 5.91 Å². The Morgan fingerprint density at radius 3 is 2.83 bits per heavy atom. The summed E-state index contributed by atoms with van der Waals surface area (Å²) < 4.78 is 5.14. The van der Waals surface area contributed by atoms with Gasteiger partial charge in [0.15, 0.2) is 0 Å². The molecule has 1 unspecified atom stereocenters. The van der Waals surface area contributed by atoms with E-state index < -0.39 is 28.4 Å². The van der Waals surface area contributed by atoms with Gasteiger partial charge in [-0.3, -0.25) is 9.59 Å². The third-order valence-electron chi connectivity index (χ3n) is 3.52. The van der Waals surface area contributed by atoms with Crippen LogP contribution in [0.4, 0.5) is 0 Å². The van der Waals surface area contributed by atoms with E-state index in [1.807, 2.05) is 13.8 Å². The number of hydrogen-bond donors (Lipinski definition) is 3. The Labute approximate surface area is 133 Å². The van der Waals surface area contributed by atoms with Crippen LogP contribution >= 0.6 is 0 Å². The first-order chi connectivity index (χ1) is 10.9. The van der Waals surface area contributed by atoms with Crippen LogP contribution in [0.1, 0.15) is 49.4 Å². The molecule has 1 atom stereocenters. The van der Waals surface area contributed by atoms with E-state index in [0.717, 1.165) is 18.9 Å². The second-order valence-electron chi connectivity index (χ2n) is 5.29. The predicted molar refractivity (Wildman–Crippen MR) is 83.9 cm³/mol. The lowest BCUT2D eigenvalue weighted by Gasteiger charge is -2.27. The Hall–Kier alpha value is -2.51. The quantitative estimate of drug-likeness (QED) is 0.378. The SMILES string of the molecule is CCCC(N)(CC)CNC(=O)c1oc(CN=[N+]=[N-])cc(=O)c1O. The lowest BCUT2D eigenvalue weighted by molar-refractivity contribution is 0.0903. The molecule has 23 heavy (non-hydrogen) atoms. The molecule has 0 saturated carbocycles. The van der Waals surface area contributed by atoms with Crippen LogP contribution < -0.4 is 16.5 Å². The summed E-state index contributed by atoms with van der Waals surface area (Å²) in [5.41, 5.74) is 13.1. The molecule has 9 heteroatoms. The molecular formula is C14H21N5O4. The van der Waals surface area contributed by atoms with Crippen molar-refractivity contribution in [3.05, 3.63) is 38.3 Å². The topological polar surface area (TPSA) is 154 Å². The minimum absolute atomic E-state index is 0.0150.